The first-order valence-electron chi connectivity index (χ1n) is 5.47. The van der Waals surface area contributed by atoms with E-state index in [9.17, 15) is 0 Å². The Balaban J connectivity index is 2.57. The van der Waals surface area contributed by atoms with Crippen molar-refractivity contribution < 1.29 is 4.74 Å². The second kappa shape index (κ2) is 4.63. The molecule has 0 atom stereocenters. The second-order valence-electron chi connectivity index (χ2n) is 3.73. The minimum absolute atomic E-state index is 0.542. The zero-order valence-electron chi connectivity index (χ0n) is 9.73. The number of imidazole rings is 1. The molecule has 1 heterocycles. The van der Waals surface area contributed by atoms with Crippen LogP contribution >= 0.6 is 0 Å². The Hall–Kier alpha value is -1.39. The number of nitrogens with zero attached hydrogens (tertiary/aromatic N) is 2. The van der Waals surface area contributed by atoms with E-state index in [0.717, 1.165) is 29.0 Å². The molecule has 0 aliphatic carbocycles. The average Bonchev–Trinajstić information content (AvgIpc) is 2.65. The van der Waals surface area contributed by atoms with Crippen LogP contribution in [0.15, 0.2) is 18.2 Å². The van der Waals surface area contributed by atoms with E-state index in [0.29, 0.717) is 13.2 Å². The number of hydrogen-bond acceptors (Lipinski definition) is 3. The van der Waals surface area contributed by atoms with Crippen LogP contribution in [0, 0.1) is 0 Å². The Kier molecular flexibility index (Phi) is 3.22. The average molecular weight is 219 g/mol. The van der Waals surface area contributed by atoms with Crippen molar-refractivity contribution in [2.24, 2.45) is 5.73 Å². The molecule has 0 radical (unpaired) electrons. The molecule has 1 aromatic heterocycles. The van der Waals surface area contributed by atoms with Gasteiger partial charge < -0.3 is 15.0 Å². The smallest absolute Gasteiger partial charge is 0.135 e. The molecule has 2 N–H and O–H groups in total. The van der Waals surface area contributed by atoms with E-state index >= 15 is 0 Å². The Morgan fingerprint density at radius 2 is 2.25 bits per heavy atom. The van der Waals surface area contributed by atoms with Crippen molar-refractivity contribution in [2.75, 3.05) is 7.11 Å². The molecule has 2 rings (SSSR count). The van der Waals surface area contributed by atoms with Gasteiger partial charge in [0.15, 0.2) is 0 Å². The first-order chi connectivity index (χ1) is 7.80. The molecule has 0 fully saturated rings. The number of ether oxygens (including phenoxy) is 1. The standard InChI is InChI=1S/C12H17N3O/c1-3-15-11-5-4-9(7-13)6-10(11)14-12(15)8-16-2/h4-6H,3,7-8,13H2,1-2H3. The number of benzene rings is 1. The SMILES string of the molecule is CCn1c(COC)nc2cc(CN)ccc21. The fourth-order valence-electron chi connectivity index (χ4n) is 1.94. The topological polar surface area (TPSA) is 53.1 Å². The summed E-state index contributed by atoms with van der Waals surface area (Å²) in [5.41, 5.74) is 8.87. The summed E-state index contributed by atoms with van der Waals surface area (Å²) in [7, 11) is 1.69. The minimum atomic E-state index is 0.542. The molecule has 0 unspecified atom stereocenters. The van der Waals surface area contributed by atoms with Gasteiger partial charge >= 0.3 is 0 Å². The monoisotopic (exact) mass is 219 g/mol. The summed E-state index contributed by atoms with van der Waals surface area (Å²) in [6.45, 7) is 4.10. The number of aromatic nitrogens is 2. The van der Waals surface area contributed by atoms with Gasteiger partial charge in [-0.1, -0.05) is 6.07 Å². The van der Waals surface area contributed by atoms with Crippen molar-refractivity contribution in [3.8, 4) is 0 Å². The van der Waals surface area contributed by atoms with Crippen LogP contribution in [-0.4, -0.2) is 16.7 Å². The predicted octanol–water partition coefficient (Wildman–Crippen LogP) is 1.66. The van der Waals surface area contributed by atoms with Crippen molar-refractivity contribution in [2.45, 2.75) is 26.6 Å². The number of rotatable bonds is 4. The van der Waals surface area contributed by atoms with E-state index in [1.165, 1.54) is 0 Å². The van der Waals surface area contributed by atoms with E-state index in [2.05, 4.69) is 22.5 Å². The maximum atomic E-state index is 5.62. The highest BCUT2D eigenvalue weighted by Gasteiger charge is 2.09. The van der Waals surface area contributed by atoms with Crippen LogP contribution in [0.1, 0.15) is 18.3 Å². The van der Waals surface area contributed by atoms with Crippen LogP contribution in [0.25, 0.3) is 11.0 Å². The zero-order chi connectivity index (χ0) is 11.5. The Bertz CT molecular complexity index is 490. The largest absolute Gasteiger partial charge is 0.377 e. The highest BCUT2D eigenvalue weighted by atomic mass is 16.5. The van der Waals surface area contributed by atoms with Gasteiger partial charge in [0.1, 0.15) is 12.4 Å². The van der Waals surface area contributed by atoms with Crippen molar-refractivity contribution in [1.82, 2.24) is 9.55 Å². The lowest BCUT2D eigenvalue weighted by Gasteiger charge is -2.04. The van der Waals surface area contributed by atoms with Crippen molar-refractivity contribution in [3.63, 3.8) is 0 Å². The number of hydrogen-bond donors (Lipinski definition) is 1. The molecule has 0 bridgehead atoms. The molecular formula is C12H17N3O. The van der Waals surface area contributed by atoms with Gasteiger partial charge in [0, 0.05) is 20.2 Å². The molecule has 0 aliphatic heterocycles. The van der Waals surface area contributed by atoms with Gasteiger partial charge in [-0.2, -0.15) is 0 Å². The third-order valence-corrected chi connectivity index (χ3v) is 2.72. The molecular weight excluding hydrogens is 202 g/mol. The molecule has 0 aliphatic rings. The molecule has 4 nitrogen and oxygen atoms in total. The molecule has 0 saturated heterocycles. The Morgan fingerprint density at radius 1 is 1.44 bits per heavy atom. The van der Waals surface area contributed by atoms with Crippen molar-refractivity contribution in [1.29, 1.82) is 0 Å². The summed E-state index contributed by atoms with van der Waals surface area (Å²) < 4.78 is 7.31. The van der Waals surface area contributed by atoms with E-state index in [1.54, 1.807) is 7.11 Å². The van der Waals surface area contributed by atoms with E-state index in [-0.39, 0.29) is 0 Å². The summed E-state index contributed by atoms with van der Waals surface area (Å²) in [4.78, 5) is 4.56. The lowest BCUT2D eigenvalue weighted by molar-refractivity contribution is 0.175. The number of fused-ring (bicyclic) bond motifs is 1. The molecule has 0 amide bonds. The van der Waals surface area contributed by atoms with E-state index in [1.807, 2.05) is 12.1 Å². The molecule has 0 saturated carbocycles. The third kappa shape index (κ3) is 1.81. The third-order valence-electron chi connectivity index (χ3n) is 2.72. The van der Waals surface area contributed by atoms with Gasteiger partial charge in [0.25, 0.3) is 0 Å². The molecule has 1 aromatic carbocycles. The summed E-state index contributed by atoms with van der Waals surface area (Å²) in [6.07, 6.45) is 0. The summed E-state index contributed by atoms with van der Waals surface area (Å²) in [5, 5.41) is 0. The number of nitrogens with two attached hydrogens (primary N) is 1. The fraction of sp³-hybridized carbons (Fsp3) is 0.417. The van der Waals surface area contributed by atoms with Gasteiger partial charge in [-0.3, -0.25) is 0 Å². The first-order valence-corrected chi connectivity index (χ1v) is 5.47. The van der Waals surface area contributed by atoms with Crippen LogP contribution in [0.4, 0.5) is 0 Å². The van der Waals surface area contributed by atoms with Crippen molar-refractivity contribution >= 4 is 11.0 Å². The maximum Gasteiger partial charge on any atom is 0.135 e. The Labute approximate surface area is 95.0 Å². The molecule has 16 heavy (non-hydrogen) atoms. The molecule has 2 aromatic rings. The Morgan fingerprint density at radius 3 is 2.88 bits per heavy atom. The van der Waals surface area contributed by atoms with Gasteiger partial charge in [-0.25, -0.2) is 4.98 Å². The highest BCUT2D eigenvalue weighted by molar-refractivity contribution is 5.76. The van der Waals surface area contributed by atoms with Gasteiger partial charge in [0.2, 0.25) is 0 Å². The van der Waals surface area contributed by atoms with E-state index in [4.69, 9.17) is 10.5 Å². The number of methoxy groups -OCH3 is 1. The highest BCUT2D eigenvalue weighted by Crippen LogP contribution is 2.18. The lowest BCUT2D eigenvalue weighted by atomic mass is 10.2. The second-order valence-corrected chi connectivity index (χ2v) is 3.73. The van der Waals surface area contributed by atoms with Crippen LogP contribution < -0.4 is 5.73 Å². The summed E-state index contributed by atoms with van der Waals surface area (Å²) in [5.74, 6) is 0.967. The van der Waals surface area contributed by atoms with E-state index < -0.39 is 0 Å². The minimum Gasteiger partial charge on any atom is -0.377 e. The fourth-order valence-corrected chi connectivity index (χ4v) is 1.94. The normalized spacial score (nSPS) is 11.2. The van der Waals surface area contributed by atoms with Gasteiger partial charge in [0.05, 0.1) is 11.0 Å². The molecule has 0 spiro atoms. The van der Waals surface area contributed by atoms with Crippen LogP contribution in [0.3, 0.4) is 0 Å². The van der Waals surface area contributed by atoms with Gasteiger partial charge in [-0.15, -0.1) is 0 Å². The quantitative estimate of drug-likeness (QED) is 0.850. The van der Waals surface area contributed by atoms with Crippen LogP contribution in [0.2, 0.25) is 0 Å². The predicted molar refractivity (Wildman–Crippen MR) is 64.0 cm³/mol. The van der Waals surface area contributed by atoms with Crippen LogP contribution in [0.5, 0.6) is 0 Å². The zero-order valence-corrected chi connectivity index (χ0v) is 9.73. The van der Waals surface area contributed by atoms with Crippen molar-refractivity contribution in [3.05, 3.63) is 29.6 Å². The van der Waals surface area contributed by atoms with Gasteiger partial charge in [-0.05, 0) is 24.6 Å². The summed E-state index contributed by atoms with van der Waals surface area (Å²) in [6, 6.07) is 6.17. The van der Waals surface area contributed by atoms with Crippen LogP contribution in [-0.2, 0) is 24.4 Å². The molecule has 86 valence electrons. The summed E-state index contributed by atoms with van der Waals surface area (Å²) >= 11 is 0. The molecule has 4 heteroatoms. The number of aryl methyl sites for hydroxylation is 1. The maximum absolute atomic E-state index is 5.62. The first kappa shape index (κ1) is 11.1. The lowest BCUT2D eigenvalue weighted by Crippen LogP contribution is -2.02.